The number of amides is 1. The summed E-state index contributed by atoms with van der Waals surface area (Å²) >= 11 is 1.33. The Labute approximate surface area is 150 Å². The Morgan fingerprint density at radius 3 is 2.81 bits per heavy atom. The van der Waals surface area contributed by atoms with Crippen LogP contribution in [0, 0.1) is 10.1 Å². The molecule has 1 aliphatic heterocycles. The number of thiazole rings is 1. The van der Waals surface area contributed by atoms with Crippen LogP contribution in [0.2, 0.25) is 0 Å². The van der Waals surface area contributed by atoms with E-state index in [1.165, 1.54) is 17.4 Å². The van der Waals surface area contributed by atoms with Crippen molar-refractivity contribution in [1.29, 1.82) is 0 Å². The Morgan fingerprint density at radius 1 is 1.35 bits per heavy atom. The zero-order valence-corrected chi connectivity index (χ0v) is 14.4. The molecule has 3 aromatic rings. The minimum absolute atomic E-state index is 0.175. The van der Waals surface area contributed by atoms with E-state index in [0.717, 1.165) is 22.7 Å². The Kier molecular flexibility index (Phi) is 3.96. The smallest absolute Gasteiger partial charge is 0.433 e. The van der Waals surface area contributed by atoms with Gasteiger partial charge in [0.05, 0.1) is 16.3 Å². The number of aromatic nitrogens is 1. The van der Waals surface area contributed by atoms with E-state index in [4.69, 9.17) is 13.9 Å². The number of rotatable bonds is 4. The second kappa shape index (κ2) is 6.30. The van der Waals surface area contributed by atoms with E-state index < -0.39 is 16.7 Å². The van der Waals surface area contributed by atoms with Crippen LogP contribution in [0.5, 0.6) is 11.5 Å². The van der Waals surface area contributed by atoms with Gasteiger partial charge in [0.25, 0.3) is 0 Å². The van der Waals surface area contributed by atoms with Gasteiger partial charge in [0.15, 0.2) is 16.3 Å². The fourth-order valence-corrected chi connectivity index (χ4v) is 3.73. The van der Waals surface area contributed by atoms with Crippen LogP contribution in [-0.4, -0.2) is 22.2 Å². The standard InChI is InChI=1S/C16H13N3O6S/c1-2-5-18-9-6-11-12(24-8-23-11)7-13(9)26-16(18)17-15(20)10-3-4-14(25-10)19(21)22/h3-4,6-7H,2,5,8H2,1H3. The van der Waals surface area contributed by atoms with Crippen molar-refractivity contribution in [1.82, 2.24) is 4.57 Å². The molecule has 0 aliphatic carbocycles. The highest BCUT2D eigenvalue weighted by molar-refractivity contribution is 7.16. The molecule has 0 atom stereocenters. The second-order valence-electron chi connectivity index (χ2n) is 5.52. The van der Waals surface area contributed by atoms with Crippen molar-refractivity contribution in [3.8, 4) is 11.5 Å². The Morgan fingerprint density at radius 2 is 2.12 bits per heavy atom. The first-order valence-corrected chi connectivity index (χ1v) is 8.64. The lowest BCUT2D eigenvalue weighted by atomic mass is 10.3. The molecule has 0 fully saturated rings. The van der Waals surface area contributed by atoms with Gasteiger partial charge in [0.2, 0.25) is 12.6 Å². The van der Waals surface area contributed by atoms with Crippen molar-refractivity contribution in [2.45, 2.75) is 19.9 Å². The quantitative estimate of drug-likeness (QED) is 0.512. The highest BCUT2D eigenvalue weighted by atomic mass is 32.1. The lowest BCUT2D eigenvalue weighted by molar-refractivity contribution is -0.402. The topological polar surface area (TPSA) is 109 Å². The Hall–Kier alpha value is -3.14. The maximum absolute atomic E-state index is 12.3. The highest BCUT2D eigenvalue weighted by Crippen LogP contribution is 2.37. The predicted octanol–water partition coefficient (Wildman–Crippen LogP) is 3.08. The summed E-state index contributed by atoms with van der Waals surface area (Å²) in [6.45, 7) is 2.86. The van der Waals surface area contributed by atoms with E-state index >= 15 is 0 Å². The van der Waals surface area contributed by atoms with Gasteiger partial charge in [-0.25, -0.2) is 0 Å². The molecule has 0 saturated carbocycles. The third-order valence-corrected chi connectivity index (χ3v) is 4.85. The average Bonchev–Trinajstić information content (AvgIpc) is 3.32. The molecular formula is C16H13N3O6S. The zero-order valence-electron chi connectivity index (χ0n) is 13.6. The summed E-state index contributed by atoms with van der Waals surface area (Å²) in [5.74, 6) is -0.0328. The van der Waals surface area contributed by atoms with E-state index in [1.807, 2.05) is 23.6 Å². The van der Waals surface area contributed by atoms with E-state index in [2.05, 4.69) is 4.99 Å². The van der Waals surface area contributed by atoms with Crippen LogP contribution in [0.4, 0.5) is 5.88 Å². The Bertz CT molecular complexity index is 1090. The first-order valence-electron chi connectivity index (χ1n) is 7.83. The van der Waals surface area contributed by atoms with Crippen LogP contribution in [0.3, 0.4) is 0 Å². The molecular weight excluding hydrogens is 362 g/mol. The molecule has 2 aromatic heterocycles. The van der Waals surface area contributed by atoms with Crippen molar-refractivity contribution in [3.05, 3.63) is 44.9 Å². The van der Waals surface area contributed by atoms with Gasteiger partial charge in [-0.05, 0) is 12.5 Å². The molecule has 0 unspecified atom stereocenters. The molecule has 4 rings (SSSR count). The Balaban J connectivity index is 1.81. The molecule has 1 amide bonds. The SMILES string of the molecule is CCCn1c(=NC(=O)c2ccc([N+](=O)[O-])o2)sc2cc3c(cc21)OCO3. The number of carbonyl (C=O) groups excluding carboxylic acids is 1. The fraction of sp³-hybridized carbons (Fsp3) is 0.250. The molecule has 0 N–H and O–H groups in total. The predicted molar refractivity (Wildman–Crippen MR) is 91.5 cm³/mol. The number of benzene rings is 1. The van der Waals surface area contributed by atoms with Crippen molar-refractivity contribution >= 4 is 33.3 Å². The third kappa shape index (κ3) is 2.73. The van der Waals surface area contributed by atoms with E-state index in [1.54, 1.807) is 0 Å². The number of ether oxygens (including phenoxy) is 2. The van der Waals surface area contributed by atoms with Gasteiger partial charge >= 0.3 is 11.8 Å². The molecule has 0 saturated heterocycles. The molecule has 3 heterocycles. The molecule has 1 aromatic carbocycles. The number of carbonyl (C=O) groups is 1. The molecule has 0 spiro atoms. The molecule has 10 heteroatoms. The van der Waals surface area contributed by atoms with Crippen LogP contribution in [0.25, 0.3) is 10.2 Å². The summed E-state index contributed by atoms with van der Waals surface area (Å²) in [6, 6.07) is 6.10. The van der Waals surface area contributed by atoms with Crippen LogP contribution in [-0.2, 0) is 6.54 Å². The van der Waals surface area contributed by atoms with E-state index in [0.29, 0.717) is 22.8 Å². The summed E-state index contributed by atoms with van der Waals surface area (Å²) < 4.78 is 18.6. The minimum atomic E-state index is -0.699. The first-order chi connectivity index (χ1) is 12.6. The van der Waals surface area contributed by atoms with Gasteiger partial charge < -0.3 is 18.5 Å². The van der Waals surface area contributed by atoms with Crippen molar-refractivity contribution in [2.24, 2.45) is 4.99 Å². The van der Waals surface area contributed by atoms with Gasteiger partial charge in [-0.1, -0.05) is 18.3 Å². The summed E-state index contributed by atoms with van der Waals surface area (Å²) in [6.07, 6.45) is 0.841. The molecule has 134 valence electrons. The molecule has 9 nitrogen and oxygen atoms in total. The number of hydrogen-bond donors (Lipinski definition) is 0. The van der Waals surface area contributed by atoms with Gasteiger partial charge in [-0.3, -0.25) is 14.9 Å². The number of nitro groups is 1. The summed E-state index contributed by atoms with van der Waals surface area (Å²) in [5, 5.41) is 10.7. The van der Waals surface area contributed by atoms with E-state index in [9.17, 15) is 14.9 Å². The number of aryl methyl sites for hydroxylation is 1. The van der Waals surface area contributed by atoms with Crippen molar-refractivity contribution in [3.63, 3.8) is 0 Å². The first kappa shape index (κ1) is 16.3. The monoisotopic (exact) mass is 375 g/mol. The van der Waals surface area contributed by atoms with Crippen LogP contribution in [0.15, 0.2) is 33.7 Å². The van der Waals surface area contributed by atoms with Crippen LogP contribution < -0.4 is 14.3 Å². The zero-order chi connectivity index (χ0) is 18.3. The van der Waals surface area contributed by atoms with Crippen LogP contribution in [0.1, 0.15) is 23.9 Å². The second-order valence-corrected chi connectivity index (χ2v) is 6.53. The third-order valence-electron chi connectivity index (χ3n) is 3.80. The fourth-order valence-electron chi connectivity index (χ4n) is 2.67. The normalized spacial score (nSPS) is 13.5. The minimum Gasteiger partial charge on any atom is -0.454 e. The van der Waals surface area contributed by atoms with Gasteiger partial charge in [0.1, 0.15) is 4.92 Å². The number of hydrogen-bond acceptors (Lipinski definition) is 7. The highest BCUT2D eigenvalue weighted by Gasteiger charge is 2.19. The maximum atomic E-state index is 12.3. The van der Waals surface area contributed by atoms with Crippen LogP contribution >= 0.6 is 11.3 Å². The molecule has 26 heavy (non-hydrogen) atoms. The van der Waals surface area contributed by atoms with Gasteiger partial charge in [-0.2, -0.15) is 4.99 Å². The number of nitrogens with zero attached hydrogens (tertiary/aromatic N) is 3. The van der Waals surface area contributed by atoms with Gasteiger partial charge in [0, 0.05) is 18.7 Å². The van der Waals surface area contributed by atoms with Crippen molar-refractivity contribution < 1.29 is 23.6 Å². The van der Waals surface area contributed by atoms with Crippen molar-refractivity contribution in [2.75, 3.05) is 6.79 Å². The number of furan rings is 1. The molecule has 1 aliphatic rings. The number of fused-ring (bicyclic) bond motifs is 2. The van der Waals surface area contributed by atoms with E-state index in [-0.39, 0.29) is 12.6 Å². The lowest BCUT2D eigenvalue weighted by Crippen LogP contribution is -2.16. The summed E-state index contributed by atoms with van der Waals surface area (Å²) in [4.78, 5) is 26.9. The largest absolute Gasteiger partial charge is 0.454 e. The summed E-state index contributed by atoms with van der Waals surface area (Å²) in [7, 11) is 0. The summed E-state index contributed by atoms with van der Waals surface area (Å²) in [5.41, 5.74) is 0.887. The molecule has 0 bridgehead atoms. The molecule has 0 radical (unpaired) electrons. The van der Waals surface area contributed by atoms with Gasteiger partial charge in [-0.15, -0.1) is 0 Å². The maximum Gasteiger partial charge on any atom is 0.433 e. The average molecular weight is 375 g/mol. The lowest BCUT2D eigenvalue weighted by Gasteiger charge is -2.03.